The lowest BCUT2D eigenvalue weighted by molar-refractivity contribution is -0.119. The minimum Gasteiger partial charge on any atom is -0.497 e. The molecule has 10 heteroatoms. The summed E-state index contributed by atoms with van der Waals surface area (Å²) in [6.07, 6.45) is 0. The van der Waals surface area contributed by atoms with Crippen molar-refractivity contribution in [1.29, 1.82) is 0 Å². The van der Waals surface area contributed by atoms with Crippen LogP contribution in [-0.2, 0) is 14.8 Å². The van der Waals surface area contributed by atoms with Crippen molar-refractivity contribution in [2.24, 2.45) is 0 Å². The number of carbonyl (C=O) groups is 1. The van der Waals surface area contributed by atoms with Gasteiger partial charge in [0.2, 0.25) is 5.91 Å². The predicted molar refractivity (Wildman–Crippen MR) is 129 cm³/mol. The Balaban J connectivity index is 1.70. The summed E-state index contributed by atoms with van der Waals surface area (Å²) in [7, 11) is -2.54. The van der Waals surface area contributed by atoms with Crippen LogP contribution < -0.4 is 19.1 Å². The number of nitrogens with zero attached hydrogens (tertiary/aromatic N) is 1. The molecule has 3 aromatic carbocycles. The molecular formula is C23H22Cl2N2O5S. The van der Waals surface area contributed by atoms with Crippen molar-refractivity contribution in [1.82, 2.24) is 5.32 Å². The Hall–Kier alpha value is -2.94. The lowest BCUT2D eigenvalue weighted by Gasteiger charge is -2.24. The molecule has 0 radical (unpaired) electrons. The Bertz CT molecular complexity index is 1170. The number of halogens is 2. The Kier molecular flexibility index (Phi) is 8.43. The van der Waals surface area contributed by atoms with E-state index in [1.54, 1.807) is 60.7 Å². The van der Waals surface area contributed by atoms with E-state index in [-0.39, 0.29) is 18.0 Å². The molecule has 3 rings (SSSR count). The van der Waals surface area contributed by atoms with Gasteiger partial charge in [0, 0.05) is 10.0 Å². The van der Waals surface area contributed by atoms with Gasteiger partial charge in [-0.2, -0.15) is 0 Å². The quantitative estimate of drug-likeness (QED) is 0.410. The number of anilines is 1. The van der Waals surface area contributed by atoms with Crippen molar-refractivity contribution in [3.8, 4) is 11.5 Å². The van der Waals surface area contributed by atoms with Crippen LogP contribution in [0, 0.1) is 0 Å². The molecule has 0 aliphatic rings. The fourth-order valence-corrected chi connectivity index (χ4v) is 4.55. The first kappa shape index (κ1) is 24.7. The number of ether oxygens (including phenoxy) is 2. The fourth-order valence-electron chi connectivity index (χ4n) is 2.87. The lowest BCUT2D eigenvalue weighted by atomic mass is 10.3. The van der Waals surface area contributed by atoms with E-state index in [4.69, 9.17) is 32.7 Å². The van der Waals surface area contributed by atoms with Crippen molar-refractivity contribution < 1.29 is 22.7 Å². The van der Waals surface area contributed by atoms with Crippen LogP contribution in [0.2, 0.25) is 10.0 Å². The number of hydrogen-bond donors (Lipinski definition) is 1. The largest absolute Gasteiger partial charge is 0.497 e. The van der Waals surface area contributed by atoms with E-state index in [9.17, 15) is 13.2 Å². The van der Waals surface area contributed by atoms with Crippen LogP contribution in [0.25, 0.3) is 0 Å². The van der Waals surface area contributed by atoms with E-state index in [1.165, 1.54) is 19.2 Å². The Morgan fingerprint density at radius 1 is 0.879 bits per heavy atom. The van der Waals surface area contributed by atoms with E-state index in [2.05, 4.69) is 5.32 Å². The molecule has 174 valence electrons. The van der Waals surface area contributed by atoms with E-state index >= 15 is 0 Å². The standard InChI is InChI=1S/C23H22Cl2N2O5S/c1-31-20-10-12-22(13-11-20)33(29,30)27(19-6-2-17(24)3-7-19)16-23(28)26-14-15-32-21-8-4-18(25)5-9-21/h2-13H,14-16H2,1H3,(H,26,28). The van der Waals surface area contributed by atoms with Crippen molar-refractivity contribution in [3.05, 3.63) is 82.8 Å². The number of hydrogen-bond acceptors (Lipinski definition) is 5. The SMILES string of the molecule is COc1ccc(S(=O)(=O)N(CC(=O)NCCOc2ccc(Cl)cc2)c2ccc(Cl)cc2)cc1. The lowest BCUT2D eigenvalue weighted by Crippen LogP contribution is -2.41. The molecule has 0 saturated carbocycles. The molecule has 1 N–H and O–H groups in total. The molecule has 0 heterocycles. The maximum absolute atomic E-state index is 13.3. The number of amides is 1. The van der Waals surface area contributed by atoms with E-state index in [1.807, 2.05) is 0 Å². The van der Waals surface area contributed by atoms with Crippen LogP contribution in [0.15, 0.2) is 77.7 Å². The maximum atomic E-state index is 13.3. The van der Waals surface area contributed by atoms with Gasteiger partial charge in [-0.1, -0.05) is 23.2 Å². The van der Waals surface area contributed by atoms with Gasteiger partial charge >= 0.3 is 0 Å². The van der Waals surface area contributed by atoms with Crippen LogP contribution in [0.3, 0.4) is 0 Å². The molecule has 0 aliphatic carbocycles. The third-order valence-electron chi connectivity index (χ3n) is 4.56. The number of nitrogens with one attached hydrogen (secondary N) is 1. The summed E-state index contributed by atoms with van der Waals surface area (Å²) in [5.41, 5.74) is 0.308. The number of carbonyl (C=O) groups excluding carboxylic acids is 1. The van der Waals surface area contributed by atoms with Gasteiger partial charge in [0.25, 0.3) is 10.0 Å². The summed E-state index contributed by atoms with van der Waals surface area (Å²) in [6, 6.07) is 19.0. The van der Waals surface area contributed by atoms with Gasteiger partial charge in [-0.05, 0) is 72.8 Å². The highest BCUT2D eigenvalue weighted by atomic mass is 35.5. The van der Waals surface area contributed by atoms with Crippen LogP contribution in [0.1, 0.15) is 0 Å². The normalized spacial score (nSPS) is 11.0. The molecule has 0 unspecified atom stereocenters. The first-order valence-electron chi connectivity index (χ1n) is 9.87. The van der Waals surface area contributed by atoms with Crippen LogP contribution in [0.4, 0.5) is 5.69 Å². The van der Waals surface area contributed by atoms with Crippen molar-refractivity contribution in [3.63, 3.8) is 0 Å². The molecule has 0 bridgehead atoms. The topological polar surface area (TPSA) is 84.9 Å². The van der Waals surface area contributed by atoms with Gasteiger partial charge in [-0.3, -0.25) is 9.10 Å². The molecule has 0 aromatic heterocycles. The molecule has 0 fully saturated rings. The van der Waals surface area contributed by atoms with E-state index in [0.29, 0.717) is 27.2 Å². The van der Waals surface area contributed by atoms with Crippen molar-refractivity contribution >= 4 is 44.8 Å². The molecule has 7 nitrogen and oxygen atoms in total. The summed E-state index contributed by atoms with van der Waals surface area (Å²) in [6.45, 7) is -0.0189. The van der Waals surface area contributed by atoms with Gasteiger partial charge in [-0.15, -0.1) is 0 Å². The molecule has 1 amide bonds. The van der Waals surface area contributed by atoms with Crippen molar-refractivity contribution in [2.75, 3.05) is 31.1 Å². The number of methoxy groups -OCH3 is 1. The molecule has 0 saturated heterocycles. The highest BCUT2D eigenvalue weighted by Crippen LogP contribution is 2.26. The molecular weight excluding hydrogens is 487 g/mol. The third kappa shape index (κ3) is 6.77. The Labute approximate surface area is 202 Å². The minimum atomic E-state index is -4.03. The van der Waals surface area contributed by atoms with Crippen LogP contribution in [-0.4, -0.2) is 41.1 Å². The maximum Gasteiger partial charge on any atom is 0.264 e. The smallest absolute Gasteiger partial charge is 0.264 e. The second-order valence-electron chi connectivity index (χ2n) is 6.82. The monoisotopic (exact) mass is 508 g/mol. The Morgan fingerprint density at radius 3 is 2.00 bits per heavy atom. The number of rotatable bonds is 10. The fraction of sp³-hybridized carbons (Fsp3) is 0.174. The molecule has 0 aliphatic heterocycles. The first-order valence-corrected chi connectivity index (χ1v) is 12.1. The average Bonchev–Trinajstić information content (AvgIpc) is 2.82. The zero-order valence-electron chi connectivity index (χ0n) is 17.7. The number of sulfonamides is 1. The molecule has 33 heavy (non-hydrogen) atoms. The average molecular weight is 509 g/mol. The summed E-state index contributed by atoms with van der Waals surface area (Å²) >= 11 is 11.8. The minimum absolute atomic E-state index is 0.0251. The van der Waals surface area contributed by atoms with Gasteiger partial charge < -0.3 is 14.8 Å². The zero-order chi connectivity index (χ0) is 23.8. The second kappa shape index (κ2) is 11.3. The zero-order valence-corrected chi connectivity index (χ0v) is 20.0. The predicted octanol–water partition coefficient (Wildman–Crippen LogP) is 4.39. The highest BCUT2D eigenvalue weighted by Gasteiger charge is 2.27. The van der Waals surface area contributed by atoms with Crippen LogP contribution in [0.5, 0.6) is 11.5 Å². The van der Waals surface area contributed by atoms with E-state index in [0.717, 1.165) is 4.31 Å². The van der Waals surface area contributed by atoms with Gasteiger partial charge in [0.15, 0.2) is 0 Å². The van der Waals surface area contributed by atoms with Gasteiger partial charge in [0.1, 0.15) is 24.7 Å². The molecule has 0 atom stereocenters. The molecule has 0 spiro atoms. The summed E-state index contributed by atoms with van der Waals surface area (Å²) in [5, 5.41) is 3.72. The summed E-state index contributed by atoms with van der Waals surface area (Å²) in [4.78, 5) is 12.6. The number of benzene rings is 3. The molecule has 3 aromatic rings. The highest BCUT2D eigenvalue weighted by molar-refractivity contribution is 7.92. The summed E-state index contributed by atoms with van der Waals surface area (Å²) in [5.74, 6) is 0.644. The van der Waals surface area contributed by atoms with Crippen molar-refractivity contribution in [2.45, 2.75) is 4.90 Å². The first-order chi connectivity index (χ1) is 15.8. The summed E-state index contributed by atoms with van der Waals surface area (Å²) < 4.78 is 38.3. The van der Waals surface area contributed by atoms with E-state index < -0.39 is 22.5 Å². The third-order valence-corrected chi connectivity index (χ3v) is 6.85. The Morgan fingerprint density at radius 2 is 1.42 bits per heavy atom. The van der Waals surface area contributed by atoms with Gasteiger partial charge in [0.05, 0.1) is 24.2 Å². The van der Waals surface area contributed by atoms with Crippen LogP contribution >= 0.6 is 23.2 Å². The van der Waals surface area contributed by atoms with Gasteiger partial charge in [-0.25, -0.2) is 8.42 Å². The second-order valence-corrected chi connectivity index (χ2v) is 9.55.